The van der Waals surface area contributed by atoms with E-state index in [4.69, 9.17) is 23.7 Å². The molecule has 1 aliphatic rings. The number of aromatic amines is 1. The molecule has 2 unspecified atom stereocenters. The van der Waals surface area contributed by atoms with Crippen molar-refractivity contribution in [3.8, 4) is 0 Å². The van der Waals surface area contributed by atoms with E-state index < -0.39 is 55.1 Å². The lowest BCUT2D eigenvalue weighted by Gasteiger charge is -2.44. The van der Waals surface area contributed by atoms with Gasteiger partial charge in [0.1, 0.15) is 18.3 Å². The topological polar surface area (TPSA) is 127 Å². The van der Waals surface area contributed by atoms with Crippen molar-refractivity contribution in [3.63, 3.8) is 0 Å². The molecule has 0 saturated carbocycles. The molecule has 1 aliphatic heterocycles. The quantitative estimate of drug-likeness (QED) is 0.323. The van der Waals surface area contributed by atoms with Gasteiger partial charge < -0.3 is 23.7 Å². The normalized spacial score (nSPS) is 23.5. The average molecular weight is 626 g/mol. The van der Waals surface area contributed by atoms with Crippen LogP contribution in [0.1, 0.15) is 68.5 Å². The van der Waals surface area contributed by atoms with Crippen molar-refractivity contribution in [2.24, 2.45) is 0 Å². The van der Waals surface area contributed by atoms with E-state index >= 15 is 0 Å². The van der Waals surface area contributed by atoms with Crippen LogP contribution < -0.4 is 11.3 Å². The highest BCUT2D eigenvalue weighted by atomic mass is 28.4. The van der Waals surface area contributed by atoms with E-state index in [9.17, 15) is 4.79 Å². The Morgan fingerprint density at radius 3 is 1.85 bits per heavy atom. The third-order valence-electron chi connectivity index (χ3n) is 9.90. The summed E-state index contributed by atoms with van der Waals surface area (Å²) in [7, 11) is -6.69. The zero-order chi connectivity index (χ0) is 31.6. The summed E-state index contributed by atoms with van der Waals surface area (Å²) in [6, 6.07) is 0. The number of aromatic nitrogens is 4. The molecule has 0 aliphatic carbocycles. The first-order valence-corrected chi connectivity index (χ1v) is 23.4. The van der Waals surface area contributed by atoms with Gasteiger partial charge in [-0.3, -0.25) is 14.3 Å². The van der Waals surface area contributed by atoms with Gasteiger partial charge in [0.25, 0.3) is 5.56 Å². The standard InChI is InChI=1S/C28H55N5O5Si3/c1-26(2,3)39(10,11)35-16-18-20(37-40(12,13)27(4,5)6)21(38-41(14,15)28(7,8)9)24(36-18)33-17-30-19-22(33)31-25(29)32-23(19)34/h17-18,20-21,24H,16H2,1-15H3,(H3,29,31,32,34)/t18-,20?,21?,24-/m1/s1. The van der Waals surface area contributed by atoms with Crippen LogP contribution in [-0.4, -0.2) is 69.4 Å². The van der Waals surface area contributed by atoms with Crippen LogP contribution in [0.2, 0.25) is 54.4 Å². The number of H-pyrrole nitrogens is 1. The lowest BCUT2D eigenvalue weighted by Crippen LogP contribution is -2.54. The molecule has 3 heterocycles. The monoisotopic (exact) mass is 625 g/mol. The molecule has 41 heavy (non-hydrogen) atoms. The molecule has 0 bridgehead atoms. The van der Waals surface area contributed by atoms with Crippen molar-refractivity contribution in [3.05, 3.63) is 16.7 Å². The predicted molar refractivity (Wildman–Crippen MR) is 174 cm³/mol. The molecule has 1 saturated heterocycles. The molecule has 2 aromatic heterocycles. The Labute approximate surface area is 249 Å². The largest absolute Gasteiger partial charge is 0.414 e. The van der Waals surface area contributed by atoms with Crippen LogP contribution in [0.3, 0.4) is 0 Å². The second-order valence-electron chi connectivity index (χ2n) is 16.1. The van der Waals surface area contributed by atoms with Crippen LogP contribution >= 0.6 is 0 Å². The molecule has 2 aromatic rings. The maximum atomic E-state index is 12.7. The molecule has 3 N–H and O–H groups in total. The highest BCUT2D eigenvalue weighted by Gasteiger charge is 2.55. The van der Waals surface area contributed by atoms with Crippen molar-refractivity contribution in [2.45, 2.75) is 141 Å². The number of fused-ring (bicyclic) bond motifs is 1. The molecular weight excluding hydrogens is 571 g/mol. The van der Waals surface area contributed by atoms with E-state index in [1.807, 2.05) is 0 Å². The van der Waals surface area contributed by atoms with E-state index in [0.717, 1.165) is 0 Å². The number of nitrogens with one attached hydrogen (secondary N) is 1. The first-order valence-electron chi connectivity index (χ1n) is 14.7. The van der Waals surface area contributed by atoms with Crippen LogP contribution in [0.25, 0.3) is 11.2 Å². The van der Waals surface area contributed by atoms with E-state index in [2.05, 4.69) is 117 Å². The van der Waals surface area contributed by atoms with E-state index in [1.54, 1.807) is 10.9 Å². The van der Waals surface area contributed by atoms with Gasteiger partial charge in [-0.05, 0) is 54.4 Å². The molecular formula is C28H55N5O5Si3. The van der Waals surface area contributed by atoms with Gasteiger partial charge in [0.2, 0.25) is 5.95 Å². The summed E-state index contributed by atoms with van der Waals surface area (Å²) in [5.74, 6) is 0.0241. The summed E-state index contributed by atoms with van der Waals surface area (Å²) in [6.07, 6.45) is -0.297. The Hall–Kier alpha value is -1.36. The molecule has 0 spiro atoms. The number of imidazole rings is 1. The summed E-state index contributed by atoms with van der Waals surface area (Å²) in [5, 5.41) is -0.0328. The summed E-state index contributed by atoms with van der Waals surface area (Å²) >= 11 is 0. The smallest absolute Gasteiger partial charge is 0.280 e. The van der Waals surface area contributed by atoms with Gasteiger partial charge in [0.15, 0.2) is 42.3 Å². The second-order valence-corrected chi connectivity index (χ2v) is 30.4. The number of hydrogen-bond acceptors (Lipinski definition) is 8. The number of hydrogen-bond donors (Lipinski definition) is 2. The number of ether oxygens (including phenoxy) is 1. The van der Waals surface area contributed by atoms with Gasteiger partial charge in [-0.1, -0.05) is 62.3 Å². The van der Waals surface area contributed by atoms with E-state index in [1.165, 1.54) is 0 Å². The summed E-state index contributed by atoms with van der Waals surface area (Å²) in [6.45, 7) is 33.9. The second kappa shape index (κ2) is 11.0. The molecule has 0 aromatic carbocycles. The third kappa shape index (κ3) is 6.91. The van der Waals surface area contributed by atoms with Gasteiger partial charge in [0.05, 0.1) is 12.9 Å². The minimum absolute atomic E-state index is 0.0241. The molecule has 13 heteroatoms. The Kier molecular flexibility index (Phi) is 9.13. The third-order valence-corrected chi connectivity index (χ3v) is 23.3. The van der Waals surface area contributed by atoms with Gasteiger partial charge >= 0.3 is 0 Å². The SMILES string of the molecule is CC(C)(C)[Si](C)(C)OC[C@H]1O[C@@H](n2cnc3c(=O)[nH]c(N)nc32)C(O[Si](C)(C)C(C)(C)C)C1O[Si](C)(C)C(C)(C)C. The molecule has 1 fully saturated rings. The van der Waals surface area contributed by atoms with Crippen LogP contribution in [-0.2, 0) is 18.0 Å². The molecule has 0 amide bonds. The number of nitrogens with two attached hydrogens (primary N) is 1. The molecule has 0 radical (unpaired) electrons. The summed E-state index contributed by atoms with van der Waals surface area (Å²) in [4.78, 5) is 24.0. The van der Waals surface area contributed by atoms with Gasteiger partial charge in [-0.2, -0.15) is 4.98 Å². The van der Waals surface area contributed by atoms with Crippen molar-refractivity contribution in [1.82, 2.24) is 19.5 Å². The first kappa shape index (κ1) is 34.1. The molecule has 10 nitrogen and oxygen atoms in total. The number of nitrogen functional groups attached to an aromatic ring is 1. The predicted octanol–water partition coefficient (Wildman–Crippen LogP) is 6.40. The fourth-order valence-corrected chi connectivity index (χ4v) is 7.62. The Bertz CT molecular complexity index is 1290. The fraction of sp³-hybridized carbons (Fsp3) is 0.821. The van der Waals surface area contributed by atoms with Crippen molar-refractivity contribution in [1.29, 1.82) is 0 Å². The molecule has 234 valence electrons. The highest BCUT2D eigenvalue weighted by molar-refractivity contribution is 6.75. The van der Waals surface area contributed by atoms with Crippen molar-refractivity contribution >= 4 is 42.1 Å². The van der Waals surface area contributed by atoms with Gasteiger partial charge in [-0.15, -0.1) is 0 Å². The summed E-state index contributed by atoms with van der Waals surface area (Å²) in [5.41, 5.74) is 6.13. The fourth-order valence-electron chi connectivity index (χ4n) is 4.00. The van der Waals surface area contributed by atoms with E-state index in [-0.39, 0.29) is 26.6 Å². The lowest BCUT2D eigenvalue weighted by molar-refractivity contribution is -0.0470. The van der Waals surface area contributed by atoms with Crippen LogP contribution in [0.15, 0.2) is 11.1 Å². The maximum Gasteiger partial charge on any atom is 0.280 e. The van der Waals surface area contributed by atoms with Crippen molar-refractivity contribution < 1.29 is 18.0 Å². The lowest BCUT2D eigenvalue weighted by atomic mass is 10.1. The minimum atomic E-state index is -2.32. The Morgan fingerprint density at radius 2 is 1.37 bits per heavy atom. The molecule has 3 rings (SSSR count). The molecule has 4 atom stereocenters. The van der Waals surface area contributed by atoms with Crippen LogP contribution in [0.4, 0.5) is 5.95 Å². The van der Waals surface area contributed by atoms with Crippen LogP contribution in [0, 0.1) is 0 Å². The number of nitrogens with zero attached hydrogens (tertiary/aromatic N) is 3. The summed E-state index contributed by atoms with van der Waals surface area (Å²) < 4.78 is 29.8. The zero-order valence-corrected chi connectivity index (χ0v) is 31.1. The number of rotatable bonds is 8. The van der Waals surface area contributed by atoms with Gasteiger partial charge in [-0.25, -0.2) is 4.98 Å². The zero-order valence-electron chi connectivity index (χ0n) is 28.1. The maximum absolute atomic E-state index is 12.7. The highest BCUT2D eigenvalue weighted by Crippen LogP contribution is 2.46. The minimum Gasteiger partial charge on any atom is -0.414 e. The number of anilines is 1. The van der Waals surface area contributed by atoms with E-state index in [0.29, 0.717) is 12.3 Å². The van der Waals surface area contributed by atoms with Gasteiger partial charge in [0, 0.05) is 0 Å². The van der Waals surface area contributed by atoms with Crippen LogP contribution in [0.5, 0.6) is 0 Å². The first-order chi connectivity index (χ1) is 18.3. The van der Waals surface area contributed by atoms with Crippen molar-refractivity contribution in [2.75, 3.05) is 12.3 Å². The average Bonchev–Trinajstić information content (AvgIpc) is 3.31. The Balaban J connectivity index is 2.18. The Morgan fingerprint density at radius 1 is 0.878 bits per heavy atom.